The van der Waals surface area contributed by atoms with E-state index in [4.69, 9.17) is 10.5 Å². The van der Waals surface area contributed by atoms with Gasteiger partial charge in [-0.3, -0.25) is 4.79 Å². The first-order chi connectivity index (χ1) is 8.72. The highest BCUT2D eigenvalue weighted by atomic mass is 35.5. The highest BCUT2D eigenvalue weighted by Gasteiger charge is 2.00. The molecule has 0 aliphatic rings. The van der Waals surface area contributed by atoms with Gasteiger partial charge in [0.15, 0.2) is 0 Å². The molecule has 0 atom stereocenters. The number of ether oxygens (including phenoxy) is 1. The first-order valence-corrected chi connectivity index (χ1v) is 6.07. The number of hydrogen-bond acceptors (Lipinski definition) is 3. The summed E-state index contributed by atoms with van der Waals surface area (Å²) in [5, 5.41) is 2.77. The summed E-state index contributed by atoms with van der Waals surface area (Å²) in [4.78, 5) is 11.3. The van der Waals surface area contributed by atoms with Crippen LogP contribution < -0.4 is 15.8 Å². The van der Waals surface area contributed by atoms with Crippen molar-refractivity contribution >= 4 is 18.3 Å². The summed E-state index contributed by atoms with van der Waals surface area (Å²) < 4.78 is 18.0. The summed E-state index contributed by atoms with van der Waals surface area (Å²) in [5.41, 5.74) is 5.31. The van der Waals surface area contributed by atoms with E-state index < -0.39 is 0 Å². The van der Waals surface area contributed by atoms with Crippen LogP contribution in [0.4, 0.5) is 4.39 Å². The Hall–Kier alpha value is -1.33. The molecule has 1 aromatic carbocycles. The Morgan fingerprint density at radius 2 is 1.95 bits per heavy atom. The van der Waals surface area contributed by atoms with Crippen molar-refractivity contribution < 1.29 is 13.9 Å². The summed E-state index contributed by atoms with van der Waals surface area (Å²) in [7, 11) is 0. The third-order valence-corrected chi connectivity index (χ3v) is 2.33. The van der Waals surface area contributed by atoms with Crippen molar-refractivity contribution in [3.8, 4) is 5.75 Å². The smallest absolute Gasteiger partial charge is 0.220 e. The third-order valence-electron chi connectivity index (χ3n) is 2.33. The summed E-state index contributed by atoms with van der Waals surface area (Å²) in [5.74, 6) is 0.327. The second-order valence-corrected chi connectivity index (χ2v) is 3.90. The Bertz CT molecular complexity index is 360. The molecule has 0 bridgehead atoms. The molecule has 0 heterocycles. The Morgan fingerprint density at radius 3 is 2.58 bits per heavy atom. The van der Waals surface area contributed by atoms with E-state index >= 15 is 0 Å². The highest BCUT2D eigenvalue weighted by molar-refractivity contribution is 5.85. The van der Waals surface area contributed by atoms with Crippen LogP contribution in [0.3, 0.4) is 0 Å². The quantitative estimate of drug-likeness (QED) is 0.719. The van der Waals surface area contributed by atoms with E-state index in [0.717, 1.165) is 6.42 Å². The molecule has 0 aliphatic carbocycles. The first kappa shape index (κ1) is 17.7. The third kappa shape index (κ3) is 8.40. The van der Waals surface area contributed by atoms with Gasteiger partial charge in [-0.15, -0.1) is 12.4 Å². The number of rotatable bonds is 8. The molecule has 1 amide bonds. The van der Waals surface area contributed by atoms with E-state index in [-0.39, 0.29) is 24.1 Å². The van der Waals surface area contributed by atoms with Crippen LogP contribution in [0.1, 0.15) is 19.3 Å². The molecule has 0 unspecified atom stereocenters. The molecule has 0 saturated heterocycles. The molecule has 0 fully saturated rings. The summed E-state index contributed by atoms with van der Waals surface area (Å²) >= 11 is 0. The standard InChI is InChI=1S/C13H19FN2O2.ClH/c14-11-4-6-12(7-5-11)18-10-1-3-13(17)16-9-2-8-15;/h4-7H,1-3,8-10,15H2,(H,16,17);1H. The monoisotopic (exact) mass is 290 g/mol. The minimum atomic E-state index is -0.290. The highest BCUT2D eigenvalue weighted by Crippen LogP contribution is 2.11. The van der Waals surface area contributed by atoms with Crippen molar-refractivity contribution in [3.05, 3.63) is 30.1 Å². The second-order valence-electron chi connectivity index (χ2n) is 3.90. The molecule has 0 radical (unpaired) electrons. The number of benzene rings is 1. The molecular formula is C13H20ClFN2O2. The predicted molar refractivity (Wildman–Crippen MR) is 75.1 cm³/mol. The van der Waals surface area contributed by atoms with Gasteiger partial charge in [0.25, 0.3) is 0 Å². The lowest BCUT2D eigenvalue weighted by atomic mass is 10.3. The van der Waals surface area contributed by atoms with Crippen molar-refractivity contribution in [3.63, 3.8) is 0 Å². The maximum atomic E-state index is 12.6. The lowest BCUT2D eigenvalue weighted by Gasteiger charge is -2.06. The molecule has 4 nitrogen and oxygen atoms in total. The molecule has 0 aliphatic heterocycles. The summed E-state index contributed by atoms with van der Waals surface area (Å²) in [6, 6.07) is 5.82. The predicted octanol–water partition coefficient (Wildman–Crippen LogP) is 1.87. The SMILES string of the molecule is Cl.NCCCNC(=O)CCCOc1ccc(F)cc1. The zero-order chi connectivity index (χ0) is 13.2. The van der Waals surface area contributed by atoms with E-state index in [0.29, 0.717) is 38.3 Å². The van der Waals surface area contributed by atoms with Crippen LogP contribution in [0.25, 0.3) is 0 Å². The lowest BCUT2D eigenvalue weighted by Crippen LogP contribution is -2.26. The largest absolute Gasteiger partial charge is 0.494 e. The van der Waals surface area contributed by atoms with Crippen LogP contribution in [0.2, 0.25) is 0 Å². The van der Waals surface area contributed by atoms with Crippen molar-refractivity contribution in [1.29, 1.82) is 0 Å². The number of carbonyl (C=O) groups excluding carboxylic acids is 1. The van der Waals surface area contributed by atoms with Gasteiger partial charge >= 0.3 is 0 Å². The van der Waals surface area contributed by atoms with Gasteiger partial charge in [0.2, 0.25) is 5.91 Å². The van der Waals surface area contributed by atoms with E-state index in [2.05, 4.69) is 5.32 Å². The van der Waals surface area contributed by atoms with Gasteiger partial charge < -0.3 is 15.8 Å². The zero-order valence-electron chi connectivity index (χ0n) is 10.7. The van der Waals surface area contributed by atoms with Crippen molar-refractivity contribution in [1.82, 2.24) is 5.32 Å². The normalized spacial score (nSPS) is 9.58. The van der Waals surface area contributed by atoms with E-state index in [1.54, 1.807) is 12.1 Å². The molecule has 1 aromatic rings. The number of carbonyl (C=O) groups is 1. The Kier molecular flexibility index (Phi) is 9.84. The van der Waals surface area contributed by atoms with Crippen LogP contribution in [0, 0.1) is 5.82 Å². The maximum Gasteiger partial charge on any atom is 0.220 e. The molecular weight excluding hydrogens is 271 g/mol. The fourth-order valence-electron chi connectivity index (χ4n) is 1.37. The van der Waals surface area contributed by atoms with Crippen LogP contribution in [-0.2, 0) is 4.79 Å². The average Bonchev–Trinajstić information content (AvgIpc) is 2.37. The van der Waals surface area contributed by atoms with E-state index in [9.17, 15) is 9.18 Å². The molecule has 0 saturated carbocycles. The topological polar surface area (TPSA) is 64.3 Å². The van der Waals surface area contributed by atoms with Crippen molar-refractivity contribution in [2.75, 3.05) is 19.7 Å². The molecule has 3 N–H and O–H groups in total. The van der Waals surface area contributed by atoms with Gasteiger partial charge in [-0.1, -0.05) is 0 Å². The number of amides is 1. The van der Waals surface area contributed by atoms with Gasteiger partial charge in [-0.05, 0) is 43.7 Å². The van der Waals surface area contributed by atoms with E-state index in [1.807, 2.05) is 0 Å². The van der Waals surface area contributed by atoms with Gasteiger partial charge in [0.1, 0.15) is 11.6 Å². The van der Waals surface area contributed by atoms with Gasteiger partial charge in [-0.2, -0.15) is 0 Å². The fraction of sp³-hybridized carbons (Fsp3) is 0.462. The lowest BCUT2D eigenvalue weighted by molar-refractivity contribution is -0.121. The maximum absolute atomic E-state index is 12.6. The van der Waals surface area contributed by atoms with Crippen molar-refractivity contribution in [2.45, 2.75) is 19.3 Å². The van der Waals surface area contributed by atoms with Gasteiger partial charge in [0, 0.05) is 13.0 Å². The average molecular weight is 291 g/mol. The van der Waals surface area contributed by atoms with Crippen LogP contribution in [0.5, 0.6) is 5.75 Å². The minimum absolute atomic E-state index is 0. The molecule has 1 rings (SSSR count). The second kappa shape index (κ2) is 10.6. The molecule has 19 heavy (non-hydrogen) atoms. The van der Waals surface area contributed by atoms with Gasteiger partial charge in [0.05, 0.1) is 6.61 Å². The Morgan fingerprint density at radius 1 is 1.26 bits per heavy atom. The zero-order valence-corrected chi connectivity index (χ0v) is 11.5. The molecule has 0 aromatic heterocycles. The van der Waals surface area contributed by atoms with Crippen LogP contribution in [0.15, 0.2) is 24.3 Å². The van der Waals surface area contributed by atoms with Gasteiger partial charge in [-0.25, -0.2) is 4.39 Å². The molecule has 0 spiro atoms. The molecule has 6 heteroatoms. The number of halogens is 2. The number of hydrogen-bond donors (Lipinski definition) is 2. The summed E-state index contributed by atoms with van der Waals surface area (Å²) in [6.07, 6.45) is 1.84. The van der Waals surface area contributed by atoms with E-state index in [1.165, 1.54) is 12.1 Å². The fourth-order valence-corrected chi connectivity index (χ4v) is 1.37. The molecule has 108 valence electrons. The van der Waals surface area contributed by atoms with Crippen molar-refractivity contribution in [2.24, 2.45) is 5.73 Å². The number of nitrogens with two attached hydrogens (primary N) is 1. The Labute approximate surface area is 118 Å². The van der Waals surface area contributed by atoms with Crippen LogP contribution >= 0.6 is 12.4 Å². The Balaban J connectivity index is 0.00000324. The minimum Gasteiger partial charge on any atom is -0.494 e. The first-order valence-electron chi connectivity index (χ1n) is 6.07. The van der Waals surface area contributed by atoms with Crippen LogP contribution in [-0.4, -0.2) is 25.6 Å². The number of nitrogens with one attached hydrogen (secondary N) is 1. The summed E-state index contributed by atoms with van der Waals surface area (Å²) in [6.45, 7) is 1.64.